The lowest BCUT2D eigenvalue weighted by atomic mass is 9.82. The molecule has 3 rings (SSSR count). The van der Waals surface area contributed by atoms with Gasteiger partial charge in [0.2, 0.25) is 0 Å². The van der Waals surface area contributed by atoms with Crippen molar-refractivity contribution in [3.05, 3.63) is 44.8 Å². The van der Waals surface area contributed by atoms with Gasteiger partial charge in [-0.25, -0.2) is 0 Å². The highest BCUT2D eigenvalue weighted by Crippen LogP contribution is 2.38. The van der Waals surface area contributed by atoms with E-state index in [4.69, 9.17) is 0 Å². The number of hydrogen-bond acceptors (Lipinski definition) is 4. The second-order valence-corrected chi connectivity index (χ2v) is 6.00. The highest BCUT2D eigenvalue weighted by Gasteiger charge is 2.41. The second-order valence-electron chi connectivity index (χ2n) is 4.44. The van der Waals surface area contributed by atoms with Crippen molar-refractivity contribution in [2.75, 3.05) is 6.54 Å². The van der Waals surface area contributed by atoms with Crippen LogP contribution in [-0.4, -0.2) is 17.7 Å². The molecule has 1 fully saturated rings. The quantitative estimate of drug-likeness (QED) is 0.894. The fraction of sp³-hybridized carbons (Fsp3) is 0.385. The zero-order valence-corrected chi connectivity index (χ0v) is 11.1. The number of aliphatic hydroxyl groups is 1. The van der Waals surface area contributed by atoms with E-state index in [0.29, 0.717) is 0 Å². The van der Waals surface area contributed by atoms with Crippen LogP contribution in [0.15, 0.2) is 33.7 Å². The number of nitrogens with one attached hydrogen (secondary N) is 1. The Hall–Kier alpha value is -0.680. The Labute approximate surface area is 109 Å². The molecule has 1 aliphatic rings. The molecule has 4 heteroatoms. The van der Waals surface area contributed by atoms with Crippen molar-refractivity contribution < 1.29 is 5.11 Å². The summed E-state index contributed by atoms with van der Waals surface area (Å²) in [6.07, 6.45) is 2.17. The van der Waals surface area contributed by atoms with Gasteiger partial charge in [-0.2, -0.15) is 22.7 Å². The first-order valence-corrected chi connectivity index (χ1v) is 7.71. The molecule has 0 amide bonds. The van der Waals surface area contributed by atoms with Gasteiger partial charge in [0.25, 0.3) is 0 Å². The van der Waals surface area contributed by atoms with Gasteiger partial charge in [-0.1, -0.05) is 0 Å². The first-order valence-electron chi connectivity index (χ1n) is 5.83. The van der Waals surface area contributed by atoms with E-state index in [-0.39, 0.29) is 6.04 Å². The summed E-state index contributed by atoms with van der Waals surface area (Å²) >= 11 is 3.28. The molecule has 0 spiro atoms. The van der Waals surface area contributed by atoms with Crippen LogP contribution in [0.5, 0.6) is 0 Å². The van der Waals surface area contributed by atoms with Gasteiger partial charge in [0.1, 0.15) is 5.60 Å². The lowest BCUT2D eigenvalue weighted by molar-refractivity contribution is 0.0451. The van der Waals surface area contributed by atoms with Gasteiger partial charge in [0.05, 0.1) is 0 Å². The van der Waals surface area contributed by atoms with Crippen LogP contribution in [-0.2, 0) is 5.60 Å². The summed E-state index contributed by atoms with van der Waals surface area (Å²) in [6, 6.07) is 4.19. The van der Waals surface area contributed by atoms with Crippen molar-refractivity contribution in [3.8, 4) is 0 Å². The Bertz CT molecular complexity index is 423. The van der Waals surface area contributed by atoms with Crippen molar-refractivity contribution >= 4 is 22.7 Å². The first kappa shape index (κ1) is 11.4. The smallest absolute Gasteiger partial charge is 0.131 e. The molecule has 0 saturated carbocycles. The van der Waals surface area contributed by atoms with Gasteiger partial charge < -0.3 is 10.4 Å². The van der Waals surface area contributed by atoms with Crippen LogP contribution >= 0.6 is 22.7 Å². The third-order valence-corrected chi connectivity index (χ3v) is 4.85. The molecule has 2 N–H and O–H groups in total. The first-order chi connectivity index (χ1) is 8.32. The number of rotatable bonds is 3. The Balaban J connectivity index is 2.07. The molecular weight excluding hydrogens is 250 g/mol. The van der Waals surface area contributed by atoms with Crippen molar-refractivity contribution in [1.82, 2.24) is 5.32 Å². The SMILES string of the molecule is OC(c1ccsc1)(c1ccsc1)[C@@H]1CCCN1. The summed E-state index contributed by atoms with van der Waals surface area (Å²) in [4.78, 5) is 0. The monoisotopic (exact) mass is 265 g/mol. The van der Waals surface area contributed by atoms with E-state index in [1.807, 2.05) is 22.9 Å². The number of thiophene rings is 2. The summed E-state index contributed by atoms with van der Waals surface area (Å²) in [5.74, 6) is 0. The van der Waals surface area contributed by atoms with Crippen LogP contribution in [0.2, 0.25) is 0 Å². The molecule has 0 bridgehead atoms. The minimum atomic E-state index is -0.865. The molecule has 1 atom stereocenters. The maximum atomic E-state index is 11.2. The van der Waals surface area contributed by atoms with E-state index in [1.165, 1.54) is 0 Å². The summed E-state index contributed by atoms with van der Waals surface area (Å²) < 4.78 is 0. The fourth-order valence-electron chi connectivity index (χ4n) is 2.57. The van der Waals surface area contributed by atoms with Crippen LogP contribution < -0.4 is 5.32 Å². The average molecular weight is 265 g/mol. The van der Waals surface area contributed by atoms with Crippen LogP contribution in [0.4, 0.5) is 0 Å². The minimum absolute atomic E-state index is 0.131. The molecule has 2 aromatic rings. The molecule has 17 heavy (non-hydrogen) atoms. The van der Waals surface area contributed by atoms with Gasteiger partial charge in [-0.3, -0.25) is 0 Å². The molecule has 0 aliphatic carbocycles. The van der Waals surface area contributed by atoms with Gasteiger partial charge in [0.15, 0.2) is 0 Å². The third kappa shape index (κ3) is 1.85. The largest absolute Gasteiger partial charge is 0.379 e. The summed E-state index contributed by atoms with van der Waals surface area (Å²) in [5, 5.41) is 22.8. The van der Waals surface area contributed by atoms with E-state index < -0.39 is 5.60 Å². The lowest BCUT2D eigenvalue weighted by Gasteiger charge is -2.33. The van der Waals surface area contributed by atoms with Gasteiger partial charge in [0, 0.05) is 17.2 Å². The highest BCUT2D eigenvalue weighted by molar-refractivity contribution is 7.08. The zero-order chi connectivity index (χ0) is 11.7. The topological polar surface area (TPSA) is 32.3 Å². The molecule has 0 unspecified atom stereocenters. The zero-order valence-electron chi connectivity index (χ0n) is 9.43. The fourth-order valence-corrected chi connectivity index (χ4v) is 3.99. The predicted molar refractivity (Wildman–Crippen MR) is 72.7 cm³/mol. The minimum Gasteiger partial charge on any atom is -0.379 e. The van der Waals surface area contributed by atoms with Crippen molar-refractivity contribution in [2.45, 2.75) is 24.5 Å². The molecule has 90 valence electrons. The van der Waals surface area contributed by atoms with E-state index in [2.05, 4.69) is 16.1 Å². The summed E-state index contributed by atoms with van der Waals surface area (Å²) in [5.41, 5.74) is 1.16. The Morgan fingerprint density at radius 2 is 1.82 bits per heavy atom. The van der Waals surface area contributed by atoms with Crippen LogP contribution in [0.25, 0.3) is 0 Å². The predicted octanol–water partition coefficient (Wildman–Crippen LogP) is 2.80. The van der Waals surface area contributed by atoms with Crippen LogP contribution in [0, 0.1) is 0 Å². The standard InChI is InChI=1S/C13H15NOS2/c15-13(10-3-6-16-8-10,11-4-7-17-9-11)12-2-1-5-14-12/h3-4,6-9,12,14-15H,1-2,5H2/t12-/m0/s1. The maximum absolute atomic E-state index is 11.2. The van der Waals surface area contributed by atoms with Crippen LogP contribution in [0.1, 0.15) is 24.0 Å². The normalized spacial score (nSPS) is 20.9. The Kier molecular flexibility index (Phi) is 3.04. The van der Waals surface area contributed by atoms with E-state index >= 15 is 0 Å². The molecule has 2 aromatic heterocycles. The van der Waals surface area contributed by atoms with Crippen molar-refractivity contribution in [3.63, 3.8) is 0 Å². The molecule has 0 radical (unpaired) electrons. The number of hydrogen-bond donors (Lipinski definition) is 2. The average Bonchev–Trinajstić information content (AvgIpc) is 3.10. The summed E-state index contributed by atoms with van der Waals surface area (Å²) in [6.45, 7) is 1.00. The molecular formula is C13H15NOS2. The van der Waals surface area contributed by atoms with Crippen molar-refractivity contribution in [1.29, 1.82) is 0 Å². The molecule has 2 nitrogen and oxygen atoms in total. The Morgan fingerprint density at radius 1 is 1.18 bits per heavy atom. The molecule has 1 saturated heterocycles. The molecule has 1 aliphatic heterocycles. The van der Waals surface area contributed by atoms with Gasteiger partial charge >= 0.3 is 0 Å². The van der Waals surface area contributed by atoms with Crippen molar-refractivity contribution in [2.24, 2.45) is 0 Å². The van der Waals surface area contributed by atoms with E-state index in [1.54, 1.807) is 22.7 Å². The second kappa shape index (κ2) is 4.53. The molecule has 0 aromatic carbocycles. The highest BCUT2D eigenvalue weighted by atomic mass is 32.1. The lowest BCUT2D eigenvalue weighted by Crippen LogP contribution is -2.45. The van der Waals surface area contributed by atoms with E-state index in [0.717, 1.165) is 30.5 Å². The van der Waals surface area contributed by atoms with E-state index in [9.17, 15) is 5.11 Å². The molecule has 3 heterocycles. The van der Waals surface area contributed by atoms with Crippen LogP contribution in [0.3, 0.4) is 0 Å². The Morgan fingerprint density at radius 3 is 2.24 bits per heavy atom. The maximum Gasteiger partial charge on any atom is 0.131 e. The third-order valence-electron chi connectivity index (χ3n) is 3.49. The summed E-state index contributed by atoms with van der Waals surface area (Å²) in [7, 11) is 0. The van der Waals surface area contributed by atoms with Gasteiger partial charge in [-0.15, -0.1) is 0 Å². The van der Waals surface area contributed by atoms with Gasteiger partial charge in [-0.05, 0) is 53.0 Å².